The molecule has 0 aromatic heterocycles. The Hall–Kier alpha value is -3.07. The number of hydrogen-bond acceptors (Lipinski definition) is 4. The maximum absolute atomic E-state index is 13.5. The maximum Gasteiger partial charge on any atom is 0.417 e. The zero-order valence-electron chi connectivity index (χ0n) is 17.8. The molecule has 1 heterocycles. The number of carbonyl (C=O) groups is 1. The second kappa shape index (κ2) is 9.66. The van der Waals surface area contributed by atoms with Crippen LogP contribution in [-0.2, 0) is 32.7 Å². The quantitative estimate of drug-likeness (QED) is 0.422. The van der Waals surface area contributed by atoms with E-state index in [2.05, 4.69) is 0 Å². The first kappa shape index (κ1) is 24.1. The van der Waals surface area contributed by atoms with Crippen molar-refractivity contribution >= 4 is 17.6 Å². The SMILES string of the molecule is O=C(O)COC1(c2ccc(OCc3cccc(-c4c(Cl)cccc4C(F)(F)F)c3)cc2)COC1. The van der Waals surface area contributed by atoms with Crippen molar-refractivity contribution in [3.63, 3.8) is 0 Å². The van der Waals surface area contributed by atoms with E-state index in [1.165, 1.54) is 12.1 Å². The van der Waals surface area contributed by atoms with Gasteiger partial charge in [0.15, 0.2) is 0 Å². The van der Waals surface area contributed by atoms with Crippen molar-refractivity contribution in [2.45, 2.75) is 18.4 Å². The van der Waals surface area contributed by atoms with E-state index in [1.54, 1.807) is 48.5 Å². The lowest BCUT2D eigenvalue weighted by molar-refractivity contribution is -0.220. The number of halogens is 4. The summed E-state index contributed by atoms with van der Waals surface area (Å²) < 4.78 is 57.0. The first-order valence-electron chi connectivity index (χ1n) is 10.3. The predicted octanol–water partition coefficient (Wildman–Crippen LogP) is 5.93. The first-order valence-corrected chi connectivity index (χ1v) is 10.7. The highest BCUT2D eigenvalue weighted by Crippen LogP contribution is 2.41. The van der Waals surface area contributed by atoms with Gasteiger partial charge in [0.2, 0.25) is 0 Å². The fraction of sp³-hybridized carbons (Fsp3) is 0.240. The molecule has 3 aromatic rings. The predicted molar refractivity (Wildman–Crippen MR) is 119 cm³/mol. The molecule has 1 aliphatic rings. The number of hydrogen-bond donors (Lipinski definition) is 1. The van der Waals surface area contributed by atoms with Crippen molar-refractivity contribution < 1.29 is 37.3 Å². The molecular formula is C25H20ClF3O5. The largest absolute Gasteiger partial charge is 0.489 e. The molecule has 0 unspecified atom stereocenters. The van der Waals surface area contributed by atoms with E-state index in [-0.39, 0.29) is 30.4 Å². The van der Waals surface area contributed by atoms with Crippen LogP contribution in [0.25, 0.3) is 11.1 Å². The summed E-state index contributed by atoms with van der Waals surface area (Å²) in [7, 11) is 0. The van der Waals surface area contributed by atoms with Crippen molar-refractivity contribution in [2.75, 3.05) is 19.8 Å². The lowest BCUT2D eigenvalue weighted by Gasteiger charge is -2.41. The summed E-state index contributed by atoms with van der Waals surface area (Å²) in [6.07, 6.45) is -4.54. The van der Waals surface area contributed by atoms with Gasteiger partial charge < -0.3 is 19.3 Å². The lowest BCUT2D eigenvalue weighted by atomic mass is 9.91. The molecule has 1 aliphatic heterocycles. The van der Waals surface area contributed by atoms with Crippen LogP contribution in [0.4, 0.5) is 13.2 Å². The normalized spacial score (nSPS) is 14.9. The summed E-state index contributed by atoms with van der Waals surface area (Å²) in [6.45, 7) is 0.215. The van der Waals surface area contributed by atoms with E-state index in [4.69, 9.17) is 30.9 Å². The van der Waals surface area contributed by atoms with E-state index < -0.39 is 29.9 Å². The molecule has 0 spiro atoms. The van der Waals surface area contributed by atoms with Crippen LogP contribution in [0.5, 0.6) is 5.75 Å². The van der Waals surface area contributed by atoms with Crippen LogP contribution in [0.3, 0.4) is 0 Å². The van der Waals surface area contributed by atoms with Crippen LogP contribution in [0.15, 0.2) is 66.7 Å². The van der Waals surface area contributed by atoms with Crippen LogP contribution >= 0.6 is 11.6 Å². The third kappa shape index (κ3) is 5.19. The molecule has 178 valence electrons. The molecule has 1 N–H and O–H groups in total. The van der Waals surface area contributed by atoms with Gasteiger partial charge in [-0.1, -0.05) is 48.0 Å². The summed E-state index contributed by atoms with van der Waals surface area (Å²) in [6, 6.07) is 17.3. The minimum atomic E-state index is -4.54. The average molecular weight is 493 g/mol. The summed E-state index contributed by atoms with van der Waals surface area (Å²) in [5.74, 6) is -0.524. The summed E-state index contributed by atoms with van der Waals surface area (Å²) >= 11 is 6.12. The van der Waals surface area contributed by atoms with E-state index in [1.807, 2.05) is 0 Å². The molecule has 5 nitrogen and oxygen atoms in total. The third-order valence-electron chi connectivity index (χ3n) is 5.46. The molecule has 1 saturated heterocycles. The number of alkyl halides is 3. The van der Waals surface area contributed by atoms with Gasteiger partial charge in [-0.2, -0.15) is 13.2 Å². The van der Waals surface area contributed by atoms with Gasteiger partial charge in [0, 0.05) is 10.6 Å². The average Bonchev–Trinajstić information content (AvgIpc) is 2.77. The van der Waals surface area contributed by atoms with Crippen molar-refractivity contribution in [1.29, 1.82) is 0 Å². The molecule has 4 rings (SSSR count). The number of aliphatic carboxylic acids is 1. The highest BCUT2D eigenvalue weighted by molar-refractivity contribution is 6.33. The second-order valence-electron chi connectivity index (χ2n) is 7.84. The van der Waals surface area contributed by atoms with Gasteiger partial charge in [0.25, 0.3) is 0 Å². The monoisotopic (exact) mass is 492 g/mol. The van der Waals surface area contributed by atoms with Gasteiger partial charge in [-0.25, -0.2) is 4.79 Å². The van der Waals surface area contributed by atoms with Crippen molar-refractivity contribution in [3.05, 3.63) is 88.4 Å². The first-order chi connectivity index (χ1) is 16.2. The van der Waals surface area contributed by atoms with E-state index in [0.717, 1.165) is 11.6 Å². The molecule has 0 aliphatic carbocycles. The maximum atomic E-state index is 13.5. The molecule has 1 fully saturated rings. The van der Waals surface area contributed by atoms with E-state index in [9.17, 15) is 18.0 Å². The molecule has 34 heavy (non-hydrogen) atoms. The summed E-state index contributed by atoms with van der Waals surface area (Å²) in [5, 5.41) is 8.90. The molecule has 3 aromatic carbocycles. The van der Waals surface area contributed by atoms with Crippen LogP contribution in [-0.4, -0.2) is 30.9 Å². The minimum Gasteiger partial charge on any atom is -0.489 e. The smallest absolute Gasteiger partial charge is 0.417 e. The fourth-order valence-corrected chi connectivity index (χ4v) is 4.00. The topological polar surface area (TPSA) is 65.0 Å². The number of rotatable bonds is 8. The van der Waals surface area contributed by atoms with Gasteiger partial charge in [0.05, 0.1) is 18.8 Å². The van der Waals surface area contributed by atoms with Gasteiger partial charge in [-0.15, -0.1) is 0 Å². The number of carboxylic acid groups (broad SMARTS) is 1. The standard InChI is InChI=1S/C25H20ClF3O5/c26-21-6-2-5-20(25(27,28)29)23(21)17-4-1-3-16(11-17)12-33-19-9-7-18(8-10-19)24(14-32-15-24)34-13-22(30)31/h1-11H,12-15H2,(H,30,31). The highest BCUT2D eigenvalue weighted by atomic mass is 35.5. The molecule has 0 amide bonds. The van der Waals surface area contributed by atoms with Crippen LogP contribution in [0, 0.1) is 0 Å². The van der Waals surface area contributed by atoms with Gasteiger partial charge in [-0.05, 0) is 47.0 Å². The van der Waals surface area contributed by atoms with Crippen molar-refractivity contribution in [2.24, 2.45) is 0 Å². The summed E-state index contributed by atoms with van der Waals surface area (Å²) in [5.41, 5.74) is 0.119. The fourth-order valence-electron chi connectivity index (χ4n) is 3.71. The zero-order chi connectivity index (χ0) is 24.3. The third-order valence-corrected chi connectivity index (χ3v) is 5.78. The molecule has 0 bridgehead atoms. The molecule has 0 radical (unpaired) electrons. The Labute approximate surface area is 198 Å². The second-order valence-corrected chi connectivity index (χ2v) is 8.25. The highest BCUT2D eigenvalue weighted by Gasteiger charge is 2.42. The number of ether oxygens (including phenoxy) is 3. The minimum absolute atomic E-state index is 0.0162. The van der Waals surface area contributed by atoms with Gasteiger partial charge >= 0.3 is 12.1 Å². The van der Waals surface area contributed by atoms with Crippen LogP contribution in [0.2, 0.25) is 5.02 Å². The Balaban J connectivity index is 1.48. The Kier molecular flexibility index (Phi) is 6.84. The van der Waals surface area contributed by atoms with Gasteiger partial charge in [0.1, 0.15) is 24.6 Å². The van der Waals surface area contributed by atoms with E-state index >= 15 is 0 Å². The molecule has 0 saturated carbocycles. The van der Waals surface area contributed by atoms with Gasteiger partial charge in [-0.3, -0.25) is 0 Å². The summed E-state index contributed by atoms with van der Waals surface area (Å²) in [4.78, 5) is 10.8. The van der Waals surface area contributed by atoms with Crippen LogP contribution in [0.1, 0.15) is 16.7 Å². The van der Waals surface area contributed by atoms with E-state index in [0.29, 0.717) is 16.9 Å². The molecule has 0 atom stereocenters. The zero-order valence-corrected chi connectivity index (χ0v) is 18.5. The Bertz CT molecular complexity index is 1170. The number of benzene rings is 3. The molecular weight excluding hydrogens is 473 g/mol. The number of carboxylic acids is 1. The van der Waals surface area contributed by atoms with Crippen LogP contribution < -0.4 is 4.74 Å². The Morgan fingerprint density at radius 1 is 1.06 bits per heavy atom. The van der Waals surface area contributed by atoms with Crippen molar-refractivity contribution in [3.8, 4) is 16.9 Å². The Morgan fingerprint density at radius 3 is 2.38 bits per heavy atom. The molecule has 9 heteroatoms. The lowest BCUT2D eigenvalue weighted by Crippen LogP contribution is -2.49. The Morgan fingerprint density at radius 2 is 1.76 bits per heavy atom. The van der Waals surface area contributed by atoms with Crippen molar-refractivity contribution in [1.82, 2.24) is 0 Å².